The van der Waals surface area contributed by atoms with E-state index < -0.39 is 5.72 Å². The van der Waals surface area contributed by atoms with Gasteiger partial charge in [0.25, 0.3) is 0 Å². The molecular weight excluding hydrogens is 400 g/mol. The van der Waals surface area contributed by atoms with Crippen molar-refractivity contribution in [1.82, 2.24) is 4.90 Å². The molecule has 6 nitrogen and oxygen atoms in total. The zero-order valence-corrected chi connectivity index (χ0v) is 17.8. The van der Waals surface area contributed by atoms with Gasteiger partial charge in [-0.1, -0.05) is 35.9 Å². The number of benzene rings is 2. The lowest BCUT2D eigenvalue weighted by Crippen LogP contribution is -2.48. The molecule has 1 saturated heterocycles. The summed E-state index contributed by atoms with van der Waals surface area (Å²) < 4.78 is 10.6. The Hall–Kier alpha value is -2.95. The SMILES string of the molecule is COc1ccc([C@]2(O)CSC3=C(C#N)[C@@H](c4ccc(C)cc4)CC(=O)N32)cc1OC. The number of nitrogens with zero attached hydrogens (tertiary/aromatic N) is 2. The summed E-state index contributed by atoms with van der Waals surface area (Å²) in [7, 11) is 3.06. The molecule has 1 fully saturated rings. The summed E-state index contributed by atoms with van der Waals surface area (Å²) in [4.78, 5) is 14.6. The van der Waals surface area contributed by atoms with E-state index >= 15 is 0 Å². The molecule has 2 aromatic rings. The molecule has 0 saturated carbocycles. The maximum atomic E-state index is 13.2. The van der Waals surface area contributed by atoms with Gasteiger partial charge in [0.1, 0.15) is 0 Å². The number of carbonyl (C=O) groups is 1. The number of hydrogen-bond acceptors (Lipinski definition) is 6. The maximum Gasteiger partial charge on any atom is 0.231 e. The Morgan fingerprint density at radius 1 is 1.17 bits per heavy atom. The van der Waals surface area contributed by atoms with Gasteiger partial charge in [-0.05, 0) is 24.6 Å². The van der Waals surface area contributed by atoms with Crippen molar-refractivity contribution < 1.29 is 19.4 Å². The maximum absolute atomic E-state index is 13.2. The minimum Gasteiger partial charge on any atom is -0.493 e. The van der Waals surface area contributed by atoms with E-state index in [2.05, 4.69) is 6.07 Å². The largest absolute Gasteiger partial charge is 0.493 e. The third kappa shape index (κ3) is 3.13. The predicted molar refractivity (Wildman–Crippen MR) is 114 cm³/mol. The van der Waals surface area contributed by atoms with Gasteiger partial charge in [-0.2, -0.15) is 5.26 Å². The number of methoxy groups -OCH3 is 2. The third-order valence-corrected chi connectivity index (χ3v) is 6.86. The van der Waals surface area contributed by atoms with Crippen molar-refractivity contribution in [2.75, 3.05) is 20.0 Å². The van der Waals surface area contributed by atoms with E-state index in [1.807, 2.05) is 31.2 Å². The number of amides is 1. The minimum atomic E-state index is -1.56. The summed E-state index contributed by atoms with van der Waals surface area (Å²) in [5, 5.41) is 22.0. The number of ether oxygens (including phenoxy) is 2. The molecule has 0 unspecified atom stereocenters. The number of thioether (sulfide) groups is 1. The highest BCUT2D eigenvalue weighted by Crippen LogP contribution is 2.52. The Balaban J connectivity index is 1.79. The van der Waals surface area contributed by atoms with Crippen LogP contribution < -0.4 is 9.47 Å². The van der Waals surface area contributed by atoms with Crippen molar-refractivity contribution in [2.45, 2.75) is 25.0 Å². The normalized spacial score (nSPS) is 23.2. The fourth-order valence-corrected chi connectivity index (χ4v) is 5.37. The second-order valence-electron chi connectivity index (χ2n) is 7.40. The quantitative estimate of drug-likeness (QED) is 0.810. The average molecular weight is 423 g/mol. The van der Waals surface area contributed by atoms with Gasteiger partial charge >= 0.3 is 0 Å². The molecule has 7 heteroatoms. The van der Waals surface area contributed by atoms with E-state index in [0.29, 0.717) is 27.7 Å². The molecule has 0 spiro atoms. The number of fused-ring (bicyclic) bond motifs is 1. The number of carbonyl (C=O) groups excluding carboxylic acids is 1. The van der Waals surface area contributed by atoms with E-state index in [4.69, 9.17) is 9.47 Å². The first kappa shape index (κ1) is 20.3. The number of aliphatic hydroxyl groups is 1. The molecule has 0 bridgehead atoms. The summed E-state index contributed by atoms with van der Waals surface area (Å²) in [6, 6.07) is 15.3. The molecule has 0 radical (unpaired) electrons. The van der Waals surface area contributed by atoms with Gasteiger partial charge in [-0.25, -0.2) is 0 Å². The molecule has 154 valence electrons. The van der Waals surface area contributed by atoms with Gasteiger partial charge in [0.2, 0.25) is 5.91 Å². The van der Waals surface area contributed by atoms with Crippen LogP contribution in [0.15, 0.2) is 53.1 Å². The number of nitriles is 1. The molecule has 2 atom stereocenters. The Labute approximate surface area is 179 Å². The van der Waals surface area contributed by atoms with E-state index in [1.54, 1.807) is 18.2 Å². The van der Waals surface area contributed by atoms with Crippen molar-refractivity contribution in [2.24, 2.45) is 0 Å². The smallest absolute Gasteiger partial charge is 0.231 e. The number of allylic oxidation sites excluding steroid dienone is 1. The van der Waals surface area contributed by atoms with E-state index in [9.17, 15) is 15.2 Å². The first-order chi connectivity index (χ1) is 14.4. The fraction of sp³-hybridized carbons (Fsp3) is 0.304. The first-order valence-electron chi connectivity index (χ1n) is 9.54. The molecule has 0 aromatic heterocycles. The summed E-state index contributed by atoms with van der Waals surface area (Å²) in [5.74, 6) is 0.711. The van der Waals surface area contributed by atoms with Crippen LogP contribution in [0.3, 0.4) is 0 Å². The van der Waals surface area contributed by atoms with Crippen LogP contribution >= 0.6 is 11.8 Å². The van der Waals surface area contributed by atoms with Crippen molar-refractivity contribution >= 4 is 17.7 Å². The van der Waals surface area contributed by atoms with Crippen molar-refractivity contribution in [3.05, 3.63) is 69.8 Å². The van der Waals surface area contributed by atoms with Crippen LogP contribution in [0.5, 0.6) is 11.5 Å². The van der Waals surface area contributed by atoms with Crippen LogP contribution in [0.2, 0.25) is 0 Å². The van der Waals surface area contributed by atoms with Gasteiger partial charge < -0.3 is 14.6 Å². The lowest BCUT2D eigenvalue weighted by atomic mass is 9.85. The standard InChI is InChI=1S/C23H22N2O4S/c1-14-4-6-15(7-5-14)17-11-21(26)25-22(18(17)12-24)30-13-23(25,27)16-8-9-19(28-2)20(10-16)29-3/h4-10,17,27H,11,13H2,1-3H3/t17-,23-/m1/s1. The molecule has 2 aliphatic heterocycles. The van der Waals surface area contributed by atoms with Gasteiger partial charge in [-0.15, -0.1) is 11.8 Å². The lowest BCUT2D eigenvalue weighted by molar-refractivity contribution is -0.149. The van der Waals surface area contributed by atoms with Crippen LogP contribution in [0.25, 0.3) is 0 Å². The van der Waals surface area contributed by atoms with Crippen molar-refractivity contribution in [3.63, 3.8) is 0 Å². The highest BCUT2D eigenvalue weighted by molar-refractivity contribution is 8.03. The first-order valence-corrected chi connectivity index (χ1v) is 10.5. The van der Waals surface area contributed by atoms with Crippen LogP contribution in [0.1, 0.15) is 29.0 Å². The summed E-state index contributed by atoms with van der Waals surface area (Å²) in [6.45, 7) is 2.00. The topological polar surface area (TPSA) is 82.8 Å². The molecule has 0 aliphatic carbocycles. The number of hydrogen-bond donors (Lipinski definition) is 1. The second kappa shape index (κ2) is 7.71. The monoisotopic (exact) mass is 422 g/mol. The summed E-state index contributed by atoms with van der Waals surface area (Å²) in [5.41, 5.74) is 1.52. The van der Waals surface area contributed by atoms with Gasteiger partial charge in [0, 0.05) is 17.9 Å². The molecule has 1 amide bonds. The van der Waals surface area contributed by atoms with Crippen LogP contribution in [-0.2, 0) is 10.5 Å². The molecule has 1 N–H and O–H groups in total. The van der Waals surface area contributed by atoms with Gasteiger partial charge in [0.15, 0.2) is 17.2 Å². The van der Waals surface area contributed by atoms with Gasteiger partial charge in [-0.3, -0.25) is 9.69 Å². The predicted octanol–water partition coefficient (Wildman–Crippen LogP) is 3.66. The zero-order valence-electron chi connectivity index (χ0n) is 17.0. The minimum absolute atomic E-state index is 0.131. The molecular formula is C23H22N2O4S. The van der Waals surface area contributed by atoms with Crippen molar-refractivity contribution in [1.29, 1.82) is 5.26 Å². The Bertz CT molecular complexity index is 1070. The second-order valence-corrected chi connectivity index (χ2v) is 8.37. The molecule has 4 rings (SSSR count). The Morgan fingerprint density at radius 3 is 2.50 bits per heavy atom. The van der Waals surface area contributed by atoms with Gasteiger partial charge in [0.05, 0.1) is 36.6 Å². The number of aryl methyl sites for hydroxylation is 1. The van der Waals surface area contributed by atoms with Crippen molar-refractivity contribution in [3.8, 4) is 17.6 Å². The fourth-order valence-electron chi connectivity index (χ4n) is 4.01. The Morgan fingerprint density at radius 2 is 1.87 bits per heavy atom. The van der Waals surface area contributed by atoms with Crippen LogP contribution in [0.4, 0.5) is 0 Å². The molecule has 2 aliphatic rings. The Kier molecular flexibility index (Phi) is 5.22. The average Bonchev–Trinajstić information content (AvgIpc) is 3.13. The molecule has 2 heterocycles. The molecule has 2 aromatic carbocycles. The van der Waals surface area contributed by atoms with E-state index in [-0.39, 0.29) is 24.0 Å². The summed E-state index contributed by atoms with van der Waals surface area (Å²) >= 11 is 1.33. The van der Waals surface area contributed by atoms with E-state index in [1.165, 1.54) is 30.9 Å². The third-order valence-electron chi connectivity index (χ3n) is 5.64. The zero-order chi connectivity index (χ0) is 21.5. The van der Waals surface area contributed by atoms with Crippen LogP contribution in [0, 0.1) is 18.3 Å². The lowest BCUT2D eigenvalue weighted by Gasteiger charge is -2.38. The summed E-state index contributed by atoms with van der Waals surface area (Å²) in [6.07, 6.45) is 0.131. The highest BCUT2D eigenvalue weighted by Gasteiger charge is 2.52. The number of rotatable bonds is 4. The molecule has 30 heavy (non-hydrogen) atoms. The van der Waals surface area contributed by atoms with E-state index in [0.717, 1.165) is 11.1 Å². The highest BCUT2D eigenvalue weighted by atomic mass is 32.2. The van der Waals surface area contributed by atoms with Crippen LogP contribution in [-0.4, -0.2) is 35.9 Å².